The average molecular weight is 281 g/mol. The highest BCUT2D eigenvalue weighted by atomic mass is 35.5. The highest BCUT2D eigenvalue weighted by Gasteiger charge is 2.16. The number of rotatable bonds is 4. The molecule has 0 aliphatic heterocycles. The molecule has 0 atom stereocenters. The lowest BCUT2D eigenvalue weighted by Crippen LogP contribution is -2.11. The van der Waals surface area contributed by atoms with E-state index in [0.717, 1.165) is 0 Å². The first-order valence-corrected chi connectivity index (χ1v) is 6.30. The number of hydrogen-bond donors (Lipinski definition) is 0. The van der Waals surface area contributed by atoms with Gasteiger partial charge in [0.25, 0.3) is 0 Å². The molecular formula is C14H14ClFN2O. The predicted molar refractivity (Wildman–Crippen MR) is 71.8 cm³/mol. The van der Waals surface area contributed by atoms with Gasteiger partial charge in [0.15, 0.2) is 0 Å². The molecule has 0 aliphatic carbocycles. The Morgan fingerprint density at radius 2 is 2.05 bits per heavy atom. The third-order valence-corrected chi connectivity index (χ3v) is 3.46. The van der Waals surface area contributed by atoms with Crippen LogP contribution >= 0.6 is 11.6 Å². The molecule has 0 spiro atoms. The first-order valence-electron chi connectivity index (χ1n) is 5.92. The van der Waals surface area contributed by atoms with Crippen LogP contribution in [0.5, 0.6) is 0 Å². The van der Waals surface area contributed by atoms with Crippen LogP contribution in [-0.4, -0.2) is 15.6 Å². The summed E-state index contributed by atoms with van der Waals surface area (Å²) in [5, 5.41) is 4.65. The maximum atomic E-state index is 13.5. The molecule has 0 aliphatic rings. The molecule has 0 radical (unpaired) electrons. The number of ketones is 1. The van der Waals surface area contributed by atoms with Gasteiger partial charge in [-0.1, -0.05) is 29.8 Å². The van der Waals surface area contributed by atoms with E-state index in [9.17, 15) is 9.18 Å². The van der Waals surface area contributed by atoms with E-state index in [2.05, 4.69) is 5.10 Å². The van der Waals surface area contributed by atoms with Gasteiger partial charge in [0, 0.05) is 13.5 Å². The van der Waals surface area contributed by atoms with Crippen molar-refractivity contribution in [1.82, 2.24) is 9.78 Å². The molecule has 100 valence electrons. The standard InChI is InChI=1S/C14H14ClFN2O/c1-9-14(15)13(18(2)17-9)8-11(19)7-10-5-3-4-6-12(10)16/h3-6H,7-8H2,1-2H3. The molecule has 0 amide bonds. The van der Waals surface area contributed by atoms with E-state index in [1.54, 1.807) is 36.9 Å². The van der Waals surface area contributed by atoms with Crippen molar-refractivity contribution in [2.75, 3.05) is 0 Å². The van der Waals surface area contributed by atoms with E-state index >= 15 is 0 Å². The lowest BCUT2D eigenvalue weighted by molar-refractivity contribution is -0.117. The van der Waals surface area contributed by atoms with Crippen molar-refractivity contribution in [3.8, 4) is 0 Å². The summed E-state index contributed by atoms with van der Waals surface area (Å²) >= 11 is 6.08. The first kappa shape index (κ1) is 13.7. The van der Waals surface area contributed by atoms with Crippen molar-refractivity contribution in [3.63, 3.8) is 0 Å². The van der Waals surface area contributed by atoms with Crippen LogP contribution in [0.25, 0.3) is 0 Å². The summed E-state index contributed by atoms with van der Waals surface area (Å²) in [6.45, 7) is 1.78. The van der Waals surface area contributed by atoms with Crippen LogP contribution in [0.15, 0.2) is 24.3 Å². The summed E-state index contributed by atoms with van der Waals surface area (Å²) in [5.41, 5.74) is 1.76. The molecular weight excluding hydrogens is 267 g/mol. The molecule has 3 nitrogen and oxygen atoms in total. The van der Waals surface area contributed by atoms with Crippen LogP contribution in [0, 0.1) is 12.7 Å². The average Bonchev–Trinajstić information content (AvgIpc) is 2.59. The van der Waals surface area contributed by atoms with Crippen molar-refractivity contribution >= 4 is 17.4 Å². The Labute approximate surface area is 116 Å². The van der Waals surface area contributed by atoms with Gasteiger partial charge in [0.05, 0.1) is 22.8 Å². The number of halogens is 2. The largest absolute Gasteiger partial charge is 0.299 e. The molecule has 1 heterocycles. The molecule has 0 saturated heterocycles. The number of aryl methyl sites for hydroxylation is 2. The molecule has 0 unspecified atom stereocenters. The highest BCUT2D eigenvalue weighted by molar-refractivity contribution is 6.32. The van der Waals surface area contributed by atoms with Crippen LogP contribution < -0.4 is 0 Å². The van der Waals surface area contributed by atoms with Crippen LogP contribution in [0.4, 0.5) is 4.39 Å². The third-order valence-electron chi connectivity index (χ3n) is 2.97. The second-order valence-electron chi connectivity index (χ2n) is 4.45. The van der Waals surface area contributed by atoms with Crippen molar-refractivity contribution in [3.05, 3.63) is 52.1 Å². The Morgan fingerprint density at radius 3 is 2.63 bits per heavy atom. The first-order chi connectivity index (χ1) is 8.99. The van der Waals surface area contributed by atoms with Gasteiger partial charge >= 0.3 is 0 Å². The predicted octanol–water partition coefficient (Wildman–Crippen LogP) is 2.88. The summed E-state index contributed by atoms with van der Waals surface area (Å²) < 4.78 is 15.0. The van der Waals surface area contributed by atoms with Gasteiger partial charge < -0.3 is 0 Å². The quantitative estimate of drug-likeness (QED) is 0.863. The number of nitrogens with zero attached hydrogens (tertiary/aromatic N) is 2. The molecule has 5 heteroatoms. The van der Waals surface area contributed by atoms with Crippen LogP contribution in [0.1, 0.15) is 17.0 Å². The van der Waals surface area contributed by atoms with Crippen molar-refractivity contribution in [2.45, 2.75) is 19.8 Å². The van der Waals surface area contributed by atoms with Gasteiger partial charge in [0.1, 0.15) is 11.6 Å². The number of carbonyl (C=O) groups excluding carboxylic acids is 1. The molecule has 0 bridgehead atoms. The van der Waals surface area contributed by atoms with Gasteiger partial charge in [0.2, 0.25) is 0 Å². The third kappa shape index (κ3) is 3.01. The summed E-state index contributed by atoms with van der Waals surface area (Å²) in [6.07, 6.45) is 0.220. The molecule has 1 aromatic carbocycles. The fourth-order valence-corrected chi connectivity index (χ4v) is 2.20. The lowest BCUT2D eigenvalue weighted by atomic mass is 10.1. The normalized spacial score (nSPS) is 10.7. The minimum absolute atomic E-state index is 0.0627. The minimum atomic E-state index is -0.358. The number of carbonyl (C=O) groups is 1. The second-order valence-corrected chi connectivity index (χ2v) is 4.83. The van der Waals surface area contributed by atoms with Crippen molar-refractivity contribution in [1.29, 1.82) is 0 Å². The van der Waals surface area contributed by atoms with Crippen molar-refractivity contribution < 1.29 is 9.18 Å². The molecule has 2 rings (SSSR count). The van der Waals surface area contributed by atoms with Crippen LogP contribution in [0.2, 0.25) is 5.02 Å². The zero-order valence-electron chi connectivity index (χ0n) is 10.8. The Hall–Kier alpha value is -1.68. The van der Waals surface area contributed by atoms with E-state index in [-0.39, 0.29) is 24.4 Å². The van der Waals surface area contributed by atoms with E-state index in [4.69, 9.17) is 11.6 Å². The minimum Gasteiger partial charge on any atom is -0.299 e. The Kier molecular flexibility index (Phi) is 4.00. The topological polar surface area (TPSA) is 34.9 Å². The molecule has 1 aromatic heterocycles. The SMILES string of the molecule is Cc1nn(C)c(CC(=O)Cc2ccccc2F)c1Cl. The Bertz CT molecular complexity index is 622. The number of benzene rings is 1. The summed E-state index contributed by atoms with van der Waals surface area (Å²) in [5.74, 6) is -0.446. The molecule has 0 saturated carbocycles. The van der Waals surface area contributed by atoms with Crippen LogP contribution in [-0.2, 0) is 24.7 Å². The Morgan fingerprint density at radius 1 is 1.37 bits per heavy atom. The summed E-state index contributed by atoms with van der Waals surface area (Å²) in [4.78, 5) is 12.0. The molecule has 0 fully saturated rings. The summed E-state index contributed by atoms with van der Waals surface area (Å²) in [7, 11) is 1.74. The lowest BCUT2D eigenvalue weighted by Gasteiger charge is -2.04. The number of aromatic nitrogens is 2. The van der Waals surface area contributed by atoms with E-state index in [0.29, 0.717) is 22.0 Å². The van der Waals surface area contributed by atoms with Gasteiger partial charge in [-0.3, -0.25) is 9.48 Å². The smallest absolute Gasteiger partial charge is 0.143 e. The number of Topliss-reactive ketones (excluding diaryl/α,β-unsaturated/α-hetero) is 1. The van der Waals surface area contributed by atoms with Gasteiger partial charge in [-0.25, -0.2) is 4.39 Å². The van der Waals surface area contributed by atoms with Gasteiger partial charge in [-0.15, -0.1) is 0 Å². The monoisotopic (exact) mass is 280 g/mol. The maximum absolute atomic E-state index is 13.5. The zero-order chi connectivity index (χ0) is 14.0. The van der Waals surface area contributed by atoms with Gasteiger partial charge in [-0.2, -0.15) is 5.10 Å². The second kappa shape index (κ2) is 5.53. The van der Waals surface area contributed by atoms with E-state index < -0.39 is 0 Å². The molecule has 2 aromatic rings. The number of hydrogen-bond acceptors (Lipinski definition) is 2. The Balaban J connectivity index is 2.12. The maximum Gasteiger partial charge on any atom is 0.143 e. The molecule has 0 N–H and O–H groups in total. The highest BCUT2D eigenvalue weighted by Crippen LogP contribution is 2.20. The van der Waals surface area contributed by atoms with E-state index in [1.165, 1.54) is 6.07 Å². The van der Waals surface area contributed by atoms with Gasteiger partial charge in [-0.05, 0) is 18.6 Å². The van der Waals surface area contributed by atoms with Crippen LogP contribution in [0.3, 0.4) is 0 Å². The summed E-state index contributed by atoms with van der Waals surface area (Å²) in [6, 6.07) is 6.28. The fourth-order valence-electron chi connectivity index (χ4n) is 1.98. The van der Waals surface area contributed by atoms with E-state index in [1.807, 2.05) is 0 Å². The van der Waals surface area contributed by atoms with Crippen molar-refractivity contribution in [2.24, 2.45) is 7.05 Å². The fraction of sp³-hybridized carbons (Fsp3) is 0.286. The zero-order valence-corrected chi connectivity index (χ0v) is 11.5. The molecule has 19 heavy (non-hydrogen) atoms.